The van der Waals surface area contributed by atoms with E-state index in [1.807, 2.05) is 13.8 Å². The highest BCUT2D eigenvalue weighted by atomic mass is 35.5. The van der Waals surface area contributed by atoms with Crippen LogP contribution in [0.2, 0.25) is 5.02 Å². The Labute approximate surface area is 127 Å². The number of aliphatic hydroxyl groups excluding tert-OH is 1. The maximum absolute atomic E-state index is 9.66. The van der Waals surface area contributed by atoms with Gasteiger partial charge in [0, 0.05) is 13.1 Å². The minimum absolute atomic E-state index is 0.0866. The van der Waals surface area contributed by atoms with E-state index in [4.69, 9.17) is 20.9 Å². The van der Waals surface area contributed by atoms with Gasteiger partial charge in [-0.2, -0.15) is 0 Å². The van der Waals surface area contributed by atoms with E-state index in [2.05, 4.69) is 15.0 Å². The number of rotatable bonds is 2. The lowest BCUT2D eigenvalue weighted by atomic mass is 10.1. The number of morpholine rings is 1. The summed E-state index contributed by atoms with van der Waals surface area (Å²) >= 11 is 6.50. The second-order valence-electron chi connectivity index (χ2n) is 5.49. The van der Waals surface area contributed by atoms with Gasteiger partial charge in [0.05, 0.1) is 30.2 Å². The second kappa shape index (κ2) is 5.44. The van der Waals surface area contributed by atoms with Gasteiger partial charge in [-0.05, 0) is 20.8 Å². The van der Waals surface area contributed by atoms with Gasteiger partial charge in [0.1, 0.15) is 16.2 Å². The summed E-state index contributed by atoms with van der Waals surface area (Å²) in [6, 6.07) is 0. The van der Waals surface area contributed by atoms with Crippen molar-refractivity contribution in [3.8, 4) is 0 Å². The zero-order valence-corrected chi connectivity index (χ0v) is 13.0. The first kappa shape index (κ1) is 14.6. The predicted octanol–water partition coefficient (Wildman–Crippen LogP) is 2.29. The number of fused-ring (bicyclic) bond motifs is 1. The lowest BCUT2D eigenvalue weighted by molar-refractivity contribution is -0.00533. The molecule has 1 aliphatic rings. The SMILES string of the molecule is Cc1noc2c(Cl)c(N3C[C@@H](C)O[C@@H](C)C3)c(CO)nc12. The molecule has 0 amide bonds. The largest absolute Gasteiger partial charge is 0.390 e. The van der Waals surface area contributed by atoms with Crippen LogP contribution in [0.4, 0.5) is 5.69 Å². The standard InChI is InChI=1S/C14H18ClN3O3/c1-7-4-18(5-8(2)20-7)13-10(6-19)16-12-9(3)17-21-14(12)11(13)15/h7-8,19H,4-6H2,1-3H3/t7-,8+. The number of nitrogens with zero attached hydrogens (tertiary/aromatic N) is 3. The maximum Gasteiger partial charge on any atom is 0.206 e. The first-order valence-corrected chi connectivity index (χ1v) is 7.34. The molecule has 2 aromatic rings. The molecular weight excluding hydrogens is 294 g/mol. The third-order valence-corrected chi connectivity index (χ3v) is 4.00. The minimum atomic E-state index is -0.185. The van der Waals surface area contributed by atoms with Crippen molar-refractivity contribution in [2.45, 2.75) is 39.6 Å². The van der Waals surface area contributed by atoms with Crippen molar-refractivity contribution >= 4 is 28.4 Å². The first-order valence-electron chi connectivity index (χ1n) is 6.96. The molecule has 0 aliphatic carbocycles. The monoisotopic (exact) mass is 311 g/mol. The average molecular weight is 312 g/mol. The van der Waals surface area contributed by atoms with Crippen molar-refractivity contribution in [3.05, 3.63) is 16.4 Å². The zero-order chi connectivity index (χ0) is 15.1. The van der Waals surface area contributed by atoms with Gasteiger partial charge < -0.3 is 19.3 Å². The molecule has 1 aliphatic heterocycles. The third-order valence-electron chi connectivity index (χ3n) is 3.64. The summed E-state index contributed by atoms with van der Waals surface area (Å²) < 4.78 is 11.0. The molecule has 6 nitrogen and oxygen atoms in total. The molecule has 0 radical (unpaired) electrons. The maximum atomic E-state index is 9.66. The van der Waals surface area contributed by atoms with E-state index in [9.17, 15) is 5.11 Å². The summed E-state index contributed by atoms with van der Waals surface area (Å²) in [6.45, 7) is 7.03. The molecule has 3 heterocycles. The highest BCUT2D eigenvalue weighted by Gasteiger charge is 2.28. The van der Waals surface area contributed by atoms with E-state index in [1.54, 1.807) is 6.92 Å². The Morgan fingerprint density at radius 2 is 2.00 bits per heavy atom. The number of aryl methyl sites for hydroxylation is 1. The molecule has 0 unspecified atom stereocenters. The summed E-state index contributed by atoms with van der Waals surface area (Å²) in [7, 11) is 0. The predicted molar refractivity (Wildman–Crippen MR) is 79.7 cm³/mol. The van der Waals surface area contributed by atoms with Crippen LogP contribution in [-0.2, 0) is 11.3 Å². The molecule has 114 valence electrons. The van der Waals surface area contributed by atoms with Crippen LogP contribution in [0.3, 0.4) is 0 Å². The van der Waals surface area contributed by atoms with E-state index in [-0.39, 0.29) is 18.8 Å². The van der Waals surface area contributed by atoms with Gasteiger partial charge in [-0.1, -0.05) is 16.8 Å². The Hall–Kier alpha value is -1.37. The summed E-state index contributed by atoms with van der Waals surface area (Å²) in [5.41, 5.74) is 2.98. The van der Waals surface area contributed by atoms with E-state index in [0.717, 1.165) is 0 Å². The molecule has 0 spiro atoms. The van der Waals surface area contributed by atoms with Crippen molar-refractivity contribution < 1.29 is 14.4 Å². The molecule has 3 rings (SSSR count). The smallest absolute Gasteiger partial charge is 0.206 e. The Kier molecular flexibility index (Phi) is 3.77. The van der Waals surface area contributed by atoms with Crippen molar-refractivity contribution in [3.63, 3.8) is 0 Å². The lowest BCUT2D eigenvalue weighted by Gasteiger charge is -2.37. The summed E-state index contributed by atoms with van der Waals surface area (Å²) in [4.78, 5) is 6.56. The topological polar surface area (TPSA) is 71.6 Å². The second-order valence-corrected chi connectivity index (χ2v) is 5.87. The van der Waals surface area contributed by atoms with Gasteiger partial charge in [0.2, 0.25) is 5.58 Å². The molecule has 0 bridgehead atoms. The van der Waals surface area contributed by atoms with Crippen LogP contribution >= 0.6 is 11.6 Å². The number of aromatic nitrogens is 2. The highest BCUT2D eigenvalue weighted by Crippen LogP contribution is 2.37. The molecular formula is C14H18ClN3O3. The molecule has 0 saturated carbocycles. The Morgan fingerprint density at radius 3 is 2.62 bits per heavy atom. The van der Waals surface area contributed by atoms with E-state index in [0.29, 0.717) is 46.3 Å². The number of hydrogen-bond acceptors (Lipinski definition) is 6. The minimum Gasteiger partial charge on any atom is -0.390 e. The van der Waals surface area contributed by atoms with Crippen molar-refractivity contribution in [1.29, 1.82) is 0 Å². The molecule has 2 aromatic heterocycles. The quantitative estimate of drug-likeness (QED) is 0.917. The van der Waals surface area contributed by atoms with Crippen LogP contribution < -0.4 is 4.90 Å². The van der Waals surface area contributed by atoms with Crippen LogP contribution in [0.15, 0.2) is 4.52 Å². The molecule has 2 atom stereocenters. The molecule has 1 saturated heterocycles. The van der Waals surface area contributed by atoms with Gasteiger partial charge in [-0.25, -0.2) is 4.98 Å². The van der Waals surface area contributed by atoms with Crippen LogP contribution in [0.5, 0.6) is 0 Å². The van der Waals surface area contributed by atoms with Gasteiger partial charge >= 0.3 is 0 Å². The Balaban J connectivity index is 2.14. The van der Waals surface area contributed by atoms with Gasteiger partial charge in [-0.3, -0.25) is 0 Å². The van der Waals surface area contributed by atoms with Gasteiger partial charge in [-0.15, -0.1) is 0 Å². The van der Waals surface area contributed by atoms with E-state index < -0.39 is 0 Å². The highest BCUT2D eigenvalue weighted by molar-refractivity contribution is 6.37. The zero-order valence-electron chi connectivity index (χ0n) is 12.3. The van der Waals surface area contributed by atoms with Crippen molar-refractivity contribution in [2.24, 2.45) is 0 Å². The fourth-order valence-electron chi connectivity index (χ4n) is 2.85. The van der Waals surface area contributed by atoms with Crippen LogP contribution in [0.25, 0.3) is 11.1 Å². The lowest BCUT2D eigenvalue weighted by Crippen LogP contribution is -2.46. The van der Waals surface area contributed by atoms with Gasteiger partial charge in [0.15, 0.2) is 0 Å². The summed E-state index contributed by atoms with van der Waals surface area (Å²) in [6.07, 6.45) is 0.173. The summed E-state index contributed by atoms with van der Waals surface area (Å²) in [5, 5.41) is 14.0. The molecule has 21 heavy (non-hydrogen) atoms. The number of anilines is 1. The molecule has 1 N–H and O–H groups in total. The Morgan fingerprint density at radius 1 is 1.33 bits per heavy atom. The number of aliphatic hydroxyl groups is 1. The van der Waals surface area contributed by atoms with Crippen LogP contribution in [0.1, 0.15) is 25.2 Å². The Bertz CT molecular complexity index is 663. The number of ether oxygens (including phenoxy) is 1. The van der Waals surface area contributed by atoms with Crippen LogP contribution in [0, 0.1) is 6.92 Å². The van der Waals surface area contributed by atoms with Gasteiger partial charge in [0.25, 0.3) is 0 Å². The average Bonchev–Trinajstić information content (AvgIpc) is 2.79. The van der Waals surface area contributed by atoms with Crippen molar-refractivity contribution in [2.75, 3.05) is 18.0 Å². The van der Waals surface area contributed by atoms with E-state index >= 15 is 0 Å². The number of pyridine rings is 1. The summed E-state index contributed by atoms with van der Waals surface area (Å²) in [5.74, 6) is 0. The third kappa shape index (κ3) is 2.47. The van der Waals surface area contributed by atoms with Crippen LogP contribution in [-0.4, -0.2) is 40.5 Å². The number of hydrogen-bond donors (Lipinski definition) is 1. The fraction of sp³-hybridized carbons (Fsp3) is 0.571. The van der Waals surface area contributed by atoms with Crippen molar-refractivity contribution in [1.82, 2.24) is 10.1 Å². The van der Waals surface area contributed by atoms with E-state index in [1.165, 1.54) is 0 Å². The first-order chi connectivity index (χ1) is 10.0. The molecule has 1 fully saturated rings. The molecule has 7 heteroatoms. The fourth-order valence-corrected chi connectivity index (χ4v) is 3.21. The molecule has 0 aromatic carbocycles. The number of halogens is 1. The normalized spacial score (nSPS) is 23.0.